The first-order valence-electron chi connectivity index (χ1n) is 13.1. The van der Waals surface area contributed by atoms with Crippen LogP contribution in [-0.2, 0) is 4.79 Å². The van der Waals surface area contributed by atoms with Crippen LogP contribution in [0, 0.1) is 23.5 Å². The maximum Gasteiger partial charge on any atom is 0.300 e. The van der Waals surface area contributed by atoms with Crippen LogP contribution in [0.3, 0.4) is 0 Å². The van der Waals surface area contributed by atoms with Gasteiger partial charge in [0.05, 0.1) is 30.7 Å². The first kappa shape index (κ1) is 30.1. The summed E-state index contributed by atoms with van der Waals surface area (Å²) in [7, 11) is 9.29. The van der Waals surface area contributed by atoms with Crippen molar-refractivity contribution in [2.45, 2.75) is 6.92 Å². The summed E-state index contributed by atoms with van der Waals surface area (Å²) in [5.41, 5.74) is 2.49. The number of fused-ring (bicyclic) bond motifs is 1. The number of nitrogens with zero attached hydrogens (tertiary/aromatic N) is 5. The quantitative estimate of drug-likeness (QED) is 0.342. The molecule has 0 saturated carbocycles. The zero-order chi connectivity index (χ0) is 30.4. The Hall–Kier alpha value is -4.89. The number of methoxy groups -OCH3 is 1. The van der Waals surface area contributed by atoms with E-state index in [1.54, 1.807) is 32.4 Å². The fourth-order valence-electron chi connectivity index (χ4n) is 4.25. The van der Waals surface area contributed by atoms with Gasteiger partial charge in [0.1, 0.15) is 23.1 Å². The second-order valence-corrected chi connectivity index (χ2v) is 9.86. The highest BCUT2D eigenvalue weighted by Crippen LogP contribution is 2.38. The number of rotatable bonds is 10. The molecule has 0 radical (unpaired) electrons. The zero-order valence-corrected chi connectivity index (χ0v) is 24.4. The van der Waals surface area contributed by atoms with Crippen LogP contribution in [0.15, 0.2) is 42.3 Å². The lowest BCUT2D eigenvalue weighted by Crippen LogP contribution is -2.29. The van der Waals surface area contributed by atoms with E-state index >= 15 is 0 Å². The fourth-order valence-corrected chi connectivity index (χ4v) is 4.25. The third kappa shape index (κ3) is 7.24. The van der Waals surface area contributed by atoms with Crippen molar-refractivity contribution in [3.05, 3.63) is 59.5 Å². The van der Waals surface area contributed by atoms with E-state index in [4.69, 9.17) is 9.47 Å². The molecule has 0 unspecified atom stereocenters. The van der Waals surface area contributed by atoms with Gasteiger partial charge in [-0.15, -0.1) is 0 Å². The van der Waals surface area contributed by atoms with Crippen LogP contribution in [-0.4, -0.2) is 75.7 Å². The molecule has 2 heterocycles. The predicted molar refractivity (Wildman–Crippen MR) is 160 cm³/mol. The number of benzene rings is 2. The van der Waals surface area contributed by atoms with E-state index in [2.05, 4.69) is 37.3 Å². The summed E-state index contributed by atoms with van der Waals surface area (Å²) in [5, 5.41) is 6.06. The molecule has 220 valence electrons. The smallest absolute Gasteiger partial charge is 0.300 e. The lowest BCUT2D eigenvalue weighted by Gasteiger charge is -2.27. The summed E-state index contributed by atoms with van der Waals surface area (Å²) >= 11 is 0. The largest absolute Gasteiger partial charge is 0.494 e. The molecule has 1 aliphatic rings. The molecule has 0 atom stereocenters. The minimum Gasteiger partial charge on any atom is -0.494 e. The fraction of sp³-hybridized carbons (Fsp3) is 0.300. The zero-order valence-electron chi connectivity index (χ0n) is 24.4. The van der Waals surface area contributed by atoms with Crippen LogP contribution in [0.25, 0.3) is 6.08 Å². The summed E-state index contributed by atoms with van der Waals surface area (Å²) in [5.74, 6) is 5.02. The molecule has 10 nitrogen and oxygen atoms in total. The topological polar surface area (TPSA) is 95.1 Å². The first-order chi connectivity index (χ1) is 20.1. The Balaban J connectivity index is 1.63. The van der Waals surface area contributed by atoms with Gasteiger partial charge in [0, 0.05) is 51.1 Å². The molecule has 3 aromatic rings. The van der Waals surface area contributed by atoms with Gasteiger partial charge in [-0.05, 0) is 51.2 Å². The van der Waals surface area contributed by atoms with Gasteiger partial charge in [-0.1, -0.05) is 5.92 Å². The molecule has 2 aromatic carbocycles. The van der Waals surface area contributed by atoms with Crippen LogP contribution < -0.4 is 29.9 Å². The molecule has 2 N–H and O–H groups in total. The van der Waals surface area contributed by atoms with Gasteiger partial charge < -0.3 is 34.8 Å². The van der Waals surface area contributed by atoms with Crippen molar-refractivity contribution in [2.24, 2.45) is 0 Å². The molecule has 1 aliphatic heterocycles. The number of hydrogen-bond donors (Lipinski definition) is 2. The molecule has 0 fully saturated rings. The van der Waals surface area contributed by atoms with Crippen molar-refractivity contribution in [1.29, 1.82) is 0 Å². The molecule has 1 amide bonds. The Morgan fingerprint density at radius 1 is 1.12 bits per heavy atom. The van der Waals surface area contributed by atoms with Crippen LogP contribution in [0.4, 0.5) is 37.6 Å². The standard InChI is InChI=1S/C30H33F2N7O3/c1-7-8-28(40)34-23-15-24(27(41-6)16-25(23)38(4)12-11-37(2)3)35-30-33-17-19-13-21(18-39(5)29(19)36-30)42-26-10-9-20(31)14-22(26)32/h9-10,13-17H,11-12,18H2,1-6H3,(H,34,40)(H,33,35,36). The molecule has 0 saturated heterocycles. The van der Waals surface area contributed by atoms with E-state index < -0.39 is 17.5 Å². The third-order valence-electron chi connectivity index (χ3n) is 6.35. The number of hydrogen-bond acceptors (Lipinski definition) is 9. The molecule has 4 rings (SSSR count). The van der Waals surface area contributed by atoms with Gasteiger partial charge >= 0.3 is 0 Å². The number of amides is 1. The summed E-state index contributed by atoms with van der Waals surface area (Å²) in [6, 6.07) is 6.74. The Morgan fingerprint density at radius 2 is 1.90 bits per heavy atom. The number of carbonyl (C=O) groups excluding carboxylic acids is 1. The minimum atomic E-state index is -0.790. The van der Waals surface area contributed by atoms with Crippen LogP contribution >= 0.6 is 0 Å². The number of likely N-dealkylation sites (N-methyl/N-ethyl adjacent to an activating group) is 3. The number of anilines is 5. The van der Waals surface area contributed by atoms with Crippen LogP contribution in [0.2, 0.25) is 0 Å². The van der Waals surface area contributed by atoms with E-state index in [0.29, 0.717) is 53.3 Å². The summed E-state index contributed by atoms with van der Waals surface area (Å²) in [6.45, 7) is 3.41. The summed E-state index contributed by atoms with van der Waals surface area (Å²) in [6.07, 6.45) is 3.32. The maximum absolute atomic E-state index is 14.1. The van der Waals surface area contributed by atoms with Crippen molar-refractivity contribution >= 4 is 40.8 Å². The number of aromatic nitrogens is 2. The minimum absolute atomic E-state index is 0.0746. The SMILES string of the molecule is CC#CC(=O)Nc1cc(Nc2ncc3c(n2)N(C)CC(Oc2ccc(F)cc2F)=C3)c(OC)cc1N(C)CCN(C)C. The van der Waals surface area contributed by atoms with Gasteiger partial charge in [0.25, 0.3) is 5.91 Å². The predicted octanol–water partition coefficient (Wildman–Crippen LogP) is 4.34. The number of halogens is 2. The van der Waals surface area contributed by atoms with E-state index in [1.807, 2.05) is 44.1 Å². The monoisotopic (exact) mass is 577 g/mol. The highest BCUT2D eigenvalue weighted by Gasteiger charge is 2.22. The normalized spacial score (nSPS) is 12.1. The highest BCUT2D eigenvalue weighted by molar-refractivity contribution is 6.06. The highest BCUT2D eigenvalue weighted by atomic mass is 19.1. The van der Waals surface area contributed by atoms with E-state index in [9.17, 15) is 13.6 Å². The Labute approximate surface area is 243 Å². The lowest BCUT2D eigenvalue weighted by molar-refractivity contribution is -0.111. The van der Waals surface area contributed by atoms with Gasteiger partial charge in [-0.3, -0.25) is 4.79 Å². The number of carbonyl (C=O) groups is 1. The Morgan fingerprint density at radius 3 is 2.60 bits per heavy atom. The third-order valence-corrected chi connectivity index (χ3v) is 6.35. The molecule has 1 aromatic heterocycles. The van der Waals surface area contributed by atoms with Crippen molar-refractivity contribution in [2.75, 3.05) is 75.4 Å². The maximum atomic E-state index is 14.1. The Kier molecular flexibility index (Phi) is 9.44. The van der Waals surface area contributed by atoms with Gasteiger partial charge in [-0.25, -0.2) is 13.8 Å². The van der Waals surface area contributed by atoms with Gasteiger partial charge in [-0.2, -0.15) is 4.98 Å². The molecular formula is C30H33F2N7O3. The molecule has 0 aliphatic carbocycles. The average Bonchev–Trinajstić information content (AvgIpc) is 2.94. The second-order valence-electron chi connectivity index (χ2n) is 9.86. The first-order valence-corrected chi connectivity index (χ1v) is 13.1. The molecule has 12 heteroatoms. The molecular weight excluding hydrogens is 544 g/mol. The molecule has 0 spiro atoms. The van der Waals surface area contributed by atoms with E-state index in [0.717, 1.165) is 24.4 Å². The summed E-state index contributed by atoms with van der Waals surface area (Å²) in [4.78, 5) is 27.4. The van der Waals surface area contributed by atoms with Crippen molar-refractivity contribution in [1.82, 2.24) is 14.9 Å². The molecule has 42 heavy (non-hydrogen) atoms. The molecule has 0 bridgehead atoms. The lowest BCUT2D eigenvalue weighted by atomic mass is 10.2. The number of nitrogens with one attached hydrogen (secondary N) is 2. The van der Waals surface area contributed by atoms with Crippen molar-refractivity contribution < 1.29 is 23.0 Å². The summed E-state index contributed by atoms with van der Waals surface area (Å²) < 4.78 is 38.7. The van der Waals surface area contributed by atoms with Crippen molar-refractivity contribution in [3.8, 4) is 23.3 Å². The van der Waals surface area contributed by atoms with Crippen molar-refractivity contribution in [3.63, 3.8) is 0 Å². The van der Waals surface area contributed by atoms with E-state index in [1.165, 1.54) is 6.07 Å². The van der Waals surface area contributed by atoms with Crippen LogP contribution in [0.1, 0.15) is 12.5 Å². The second kappa shape index (κ2) is 13.2. The van der Waals surface area contributed by atoms with Gasteiger partial charge in [0.2, 0.25) is 5.95 Å². The van der Waals surface area contributed by atoms with Gasteiger partial charge in [0.15, 0.2) is 11.6 Å². The van der Waals surface area contributed by atoms with Crippen LogP contribution in [0.5, 0.6) is 11.5 Å². The Bertz CT molecular complexity index is 1570. The van der Waals surface area contributed by atoms with E-state index in [-0.39, 0.29) is 5.75 Å². The number of ether oxygens (including phenoxy) is 2. The average molecular weight is 578 g/mol.